The zero-order valence-corrected chi connectivity index (χ0v) is 13.9. The molecule has 0 aliphatic carbocycles. The molecule has 1 heterocycles. The average molecular weight is 357 g/mol. The van der Waals surface area contributed by atoms with Gasteiger partial charge < -0.3 is 14.8 Å². The summed E-state index contributed by atoms with van der Waals surface area (Å²) in [5.74, 6) is -1.51. The molecule has 2 N–H and O–H groups in total. The summed E-state index contributed by atoms with van der Waals surface area (Å²) in [5.41, 5.74) is -1.36. The highest BCUT2D eigenvalue weighted by Crippen LogP contribution is 2.29. The number of hydrogen-bond donors (Lipinski definition) is 2. The van der Waals surface area contributed by atoms with Gasteiger partial charge in [-0.2, -0.15) is 0 Å². The number of halogens is 2. The van der Waals surface area contributed by atoms with Gasteiger partial charge in [0.2, 0.25) is 0 Å². The number of nitrogens with zero attached hydrogens (tertiary/aromatic N) is 1. The Morgan fingerprint density at radius 1 is 1.35 bits per heavy atom. The minimum absolute atomic E-state index is 0.0556. The predicted molar refractivity (Wildman–Crippen MR) is 84.8 cm³/mol. The standard InChI is InChI=1S/C15H14Cl2N2O4/c1-3-11-12(18-7-23-11)13(20)19-15(2,14(21)22)8-4-5-9(16)10(17)6-8/h4-7H,3H2,1-2H3,(H,19,20)(H,21,22). The van der Waals surface area contributed by atoms with Crippen molar-refractivity contribution in [1.29, 1.82) is 0 Å². The molecule has 0 aliphatic heterocycles. The summed E-state index contributed by atoms with van der Waals surface area (Å²) < 4.78 is 5.09. The molecule has 0 bridgehead atoms. The molecule has 0 saturated carbocycles. The molecule has 0 aliphatic rings. The van der Waals surface area contributed by atoms with Crippen LogP contribution in [0.2, 0.25) is 10.0 Å². The minimum atomic E-state index is -1.70. The van der Waals surface area contributed by atoms with E-state index in [0.717, 1.165) is 6.39 Å². The Morgan fingerprint density at radius 2 is 2.04 bits per heavy atom. The molecule has 122 valence electrons. The van der Waals surface area contributed by atoms with Gasteiger partial charge in [-0.15, -0.1) is 0 Å². The summed E-state index contributed by atoms with van der Waals surface area (Å²) in [6, 6.07) is 4.37. The van der Waals surface area contributed by atoms with Crippen molar-refractivity contribution in [2.75, 3.05) is 0 Å². The van der Waals surface area contributed by atoms with Crippen molar-refractivity contribution in [2.24, 2.45) is 0 Å². The van der Waals surface area contributed by atoms with Crippen molar-refractivity contribution in [3.8, 4) is 0 Å². The summed E-state index contributed by atoms with van der Waals surface area (Å²) in [7, 11) is 0. The van der Waals surface area contributed by atoms with Crippen LogP contribution in [0, 0.1) is 0 Å². The fourth-order valence-electron chi connectivity index (χ4n) is 2.05. The second-order valence-corrected chi connectivity index (χ2v) is 5.81. The summed E-state index contributed by atoms with van der Waals surface area (Å²) in [5, 5.41) is 12.5. The molecule has 0 radical (unpaired) electrons. The van der Waals surface area contributed by atoms with Crippen LogP contribution < -0.4 is 5.32 Å². The van der Waals surface area contributed by atoms with Gasteiger partial charge in [0.1, 0.15) is 5.76 Å². The molecule has 6 nitrogen and oxygen atoms in total. The van der Waals surface area contributed by atoms with Gasteiger partial charge in [-0.05, 0) is 24.6 Å². The molecular weight excluding hydrogens is 343 g/mol. The first kappa shape index (κ1) is 17.3. The lowest BCUT2D eigenvalue weighted by molar-refractivity contribution is -0.144. The Balaban J connectivity index is 2.39. The molecule has 0 spiro atoms. The number of aryl methyl sites for hydroxylation is 1. The van der Waals surface area contributed by atoms with Gasteiger partial charge in [0.05, 0.1) is 10.0 Å². The summed E-state index contributed by atoms with van der Waals surface area (Å²) in [6.07, 6.45) is 1.60. The maximum absolute atomic E-state index is 12.4. The number of rotatable bonds is 5. The highest BCUT2D eigenvalue weighted by molar-refractivity contribution is 6.42. The smallest absolute Gasteiger partial charge is 0.333 e. The zero-order chi connectivity index (χ0) is 17.2. The summed E-state index contributed by atoms with van der Waals surface area (Å²) >= 11 is 11.8. The van der Waals surface area contributed by atoms with Crippen LogP contribution in [0.5, 0.6) is 0 Å². The Morgan fingerprint density at radius 3 is 2.61 bits per heavy atom. The lowest BCUT2D eigenvalue weighted by Gasteiger charge is -2.26. The summed E-state index contributed by atoms with van der Waals surface area (Å²) in [4.78, 5) is 28.0. The van der Waals surface area contributed by atoms with Crippen LogP contribution in [0.4, 0.5) is 0 Å². The van der Waals surface area contributed by atoms with Crippen molar-refractivity contribution in [2.45, 2.75) is 25.8 Å². The number of carbonyl (C=O) groups excluding carboxylic acids is 1. The van der Waals surface area contributed by atoms with Crippen molar-refractivity contribution in [3.63, 3.8) is 0 Å². The highest BCUT2D eigenvalue weighted by Gasteiger charge is 2.38. The fraction of sp³-hybridized carbons (Fsp3) is 0.267. The molecule has 1 unspecified atom stereocenters. The third kappa shape index (κ3) is 3.33. The number of amides is 1. The highest BCUT2D eigenvalue weighted by atomic mass is 35.5. The Hall–Kier alpha value is -2.05. The van der Waals surface area contributed by atoms with E-state index in [1.54, 1.807) is 6.92 Å². The van der Waals surface area contributed by atoms with Gasteiger partial charge in [0.25, 0.3) is 5.91 Å². The van der Waals surface area contributed by atoms with E-state index in [-0.39, 0.29) is 16.3 Å². The molecule has 0 fully saturated rings. The zero-order valence-electron chi connectivity index (χ0n) is 12.4. The van der Waals surface area contributed by atoms with Crippen LogP contribution in [0.25, 0.3) is 0 Å². The van der Waals surface area contributed by atoms with Gasteiger partial charge >= 0.3 is 5.97 Å². The van der Waals surface area contributed by atoms with E-state index in [1.165, 1.54) is 25.1 Å². The van der Waals surface area contributed by atoms with E-state index in [0.29, 0.717) is 17.2 Å². The maximum Gasteiger partial charge on any atom is 0.333 e. The van der Waals surface area contributed by atoms with Crippen molar-refractivity contribution >= 4 is 35.1 Å². The molecule has 0 saturated heterocycles. The first-order valence-corrected chi connectivity index (χ1v) is 7.49. The maximum atomic E-state index is 12.4. The first-order valence-electron chi connectivity index (χ1n) is 6.73. The Bertz CT molecular complexity index is 760. The monoisotopic (exact) mass is 356 g/mol. The average Bonchev–Trinajstić information content (AvgIpc) is 2.98. The quantitative estimate of drug-likeness (QED) is 0.857. The van der Waals surface area contributed by atoms with E-state index in [9.17, 15) is 14.7 Å². The molecule has 1 aromatic heterocycles. The van der Waals surface area contributed by atoms with Gasteiger partial charge in [-0.25, -0.2) is 9.78 Å². The van der Waals surface area contributed by atoms with E-state index in [1.807, 2.05) is 0 Å². The molecule has 1 aromatic carbocycles. The van der Waals surface area contributed by atoms with Crippen molar-refractivity contribution < 1.29 is 19.1 Å². The van der Waals surface area contributed by atoms with Gasteiger partial charge in [-0.3, -0.25) is 4.79 Å². The van der Waals surface area contributed by atoms with Crippen molar-refractivity contribution in [1.82, 2.24) is 10.3 Å². The Labute approximate surface area is 142 Å². The number of hydrogen-bond acceptors (Lipinski definition) is 4. The van der Waals surface area contributed by atoms with Crippen LogP contribution in [0.15, 0.2) is 29.0 Å². The minimum Gasteiger partial charge on any atom is -0.479 e. The number of aliphatic carboxylic acids is 1. The van der Waals surface area contributed by atoms with E-state index < -0.39 is 17.4 Å². The molecule has 2 rings (SSSR count). The number of carboxylic acid groups (broad SMARTS) is 1. The largest absolute Gasteiger partial charge is 0.479 e. The van der Waals surface area contributed by atoms with E-state index in [4.69, 9.17) is 27.6 Å². The Kier molecular flexibility index (Phi) is 4.97. The fourth-order valence-corrected chi connectivity index (χ4v) is 2.35. The first-order chi connectivity index (χ1) is 10.8. The van der Waals surface area contributed by atoms with Crippen LogP contribution in [0.3, 0.4) is 0 Å². The van der Waals surface area contributed by atoms with Crippen molar-refractivity contribution in [3.05, 3.63) is 51.7 Å². The van der Waals surface area contributed by atoms with Gasteiger partial charge in [0, 0.05) is 6.42 Å². The van der Waals surface area contributed by atoms with Crippen LogP contribution in [-0.2, 0) is 16.8 Å². The lowest BCUT2D eigenvalue weighted by Crippen LogP contribution is -2.49. The second kappa shape index (κ2) is 6.60. The SMILES string of the molecule is CCc1ocnc1C(=O)NC(C)(C(=O)O)c1ccc(Cl)c(Cl)c1. The number of carbonyl (C=O) groups is 2. The predicted octanol–water partition coefficient (Wildman–Crippen LogP) is 3.27. The number of carboxylic acids is 1. The summed E-state index contributed by atoms with van der Waals surface area (Å²) in [6.45, 7) is 3.16. The molecule has 1 atom stereocenters. The molecular formula is C15H14Cl2N2O4. The van der Waals surface area contributed by atoms with E-state index in [2.05, 4.69) is 10.3 Å². The topological polar surface area (TPSA) is 92.4 Å². The molecule has 8 heteroatoms. The normalized spacial score (nSPS) is 13.4. The second-order valence-electron chi connectivity index (χ2n) is 4.99. The molecule has 2 aromatic rings. The third-order valence-electron chi connectivity index (χ3n) is 3.47. The number of aromatic nitrogens is 1. The van der Waals surface area contributed by atoms with Gasteiger partial charge in [0.15, 0.2) is 17.6 Å². The number of oxazole rings is 1. The van der Waals surface area contributed by atoms with E-state index >= 15 is 0 Å². The van der Waals surface area contributed by atoms with Crippen LogP contribution in [-0.4, -0.2) is 22.0 Å². The third-order valence-corrected chi connectivity index (χ3v) is 4.20. The molecule has 1 amide bonds. The molecule has 23 heavy (non-hydrogen) atoms. The van der Waals surface area contributed by atoms with Crippen LogP contribution >= 0.6 is 23.2 Å². The van der Waals surface area contributed by atoms with Gasteiger partial charge in [-0.1, -0.05) is 36.2 Å². The number of nitrogens with one attached hydrogen (secondary N) is 1. The van der Waals surface area contributed by atoms with Crippen LogP contribution in [0.1, 0.15) is 35.7 Å². The lowest BCUT2D eigenvalue weighted by atomic mass is 9.91. The number of benzene rings is 1.